The Morgan fingerprint density at radius 3 is 2.55 bits per heavy atom. The number of anilines is 1. The Hall–Kier alpha value is -1.72. The van der Waals surface area contributed by atoms with Crippen LogP contribution in [0, 0.1) is 0 Å². The summed E-state index contributed by atoms with van der Waals surface area (Å²) < 4.78 is 1.56. The van der Waals surface area contributed by atoms with Crippen LogP contribution in [0.1, 0.15) is 15.9 Å². The number of nitrogens with one attached hydrogen (secondary N) is 1. The Labute approximate surface area is 145 Å². The molecule has 0 atom stereocenters. The Bertz CT molecular complexity index is 801. The molecule has 0 aromatic heterocycles. The smallest absolute Gasteiger partial charge is 0.212 e. The van der Waals surface area contributed by atoms with E-state index in [-0.39, 0.29) is 16.8 Å². The molecule has 0 heterocycles. The molecular formula is C17H13Br2NO2. The van der Waals surface area contributed by atoms with Gasteiger partial charge in [0.05, 0.1) is 11.3 Å². The van der Waals surface area contributed by atoms with Gasteiger partial charge in [0.1, 0.15) is 0 Å². The van der Waals surface area contributed by atoms with Gasteiger partial charge < -0.3 is 5.32 Å². The van der Waals surface area contributed by atoms with E-state index in [2.05, 4.69) is 37.2 Å². The maximum absolute atomic E-state index is 12.4. The number of rotatable bonds is 4. The molecule has 2 aromatic carbocycles. The van der Waals surface area contributed by atoms with Crippen LogP contribution in [0.5, 0.6) is 0 Å². The van der Waals surface area contributed by atoms with Crippen molar-refractivity contribution in [3.8, 4) is 0 Å². The minimum atomic E-state index is -0.339. The predicted octanol–water partition coefficient (Wildman–Crippen LogP) is 4.51. The standard InChI is InChI=1S/C17H13Br2NO2/c1-20-15-8-7-12(18)10-13(17(15)22)16(21)9-6-11-4-2-3-5-14(11)19/h2-10H,1H3,(H,20,22). The van der Waals surface area contributed by atoms with Gasteiger partial charge in [0.25, 0.3) is 0 Å². The molecule has 0 radical (unpaired) electrons. The molecule has 0 fully saturated rings. The van der Waals surface area contributed by atoms with Crippen LogP contribution < -0.4 is 10.7 Å². The summed E-state index contributed by atoms with van der Waals surface area (Å²) in [5.74, 6) is -0.339. The van der Waals surface area contributed by atoms with E-state index in [9.17, 15) is 9.59 Å². The van der Waals surface area contributed by atoms with Crippen molar-refractivity contribution in [3.05, 3.63) is 78.8 Å². The summed E-state index contributed by atoms with van der Waals surface area (Å²) in [7, 11) is 1.65. The molecule has 0 aliphatic carbocycles. The Kier molecular flexibility index (Phi) is 5.69. The highest BCUT2D eigenvalue weighted by Gasteiger charge is 2.10. The van der Waals surface area contributed by atoms with E-state index in [0.29, 0.717) is 10.2 Å². The quantitative estimate of drug-likeness (QED) is 0.582. The van der Waals surface area contributed by atoms with Crippen molar-refractivity contribution in [1.29, 1.82) is 0 Å². The van der Waals surface area contributed by atoms with Gasteiger partial charge >= 0.3 is 0 Å². The van der Waals surface area contributed by atoms with E-state index < -0.39 is 0 Å². The highest BCUT2D eigenvalue weighted by molar-refractivity contribution is 9.10. The zero-order valence-corrected chi connectivity index (χ0v) is 14.9. The molecule has 0 aliphatic rings. The molecule has 0 saturated carbocycles. The summed E-state index contributed by atoms with van der Waals surface area (Å²) in [4.78, 5) is 24.7. The van der Waals surface area contributed by atoms with Crippen LogP contribution in [0.3, 0.4) is 0 Å². The lowest BCUT2D eigenvalue weighted by atomic mass is 10.1. The van der Waals surface area contributed by atoms with Gasteiger partial charge in [-0.1, -0.05) is 50.1 Å². The van der Waals surface area contributed by atoms with Crippen molar-refractivity contribution >= 4 is 49.4 Å². The van der Waals surface area contributed by atoms with Crippen LogP contribution in [-0.2, 0) is 0 Å². The molecular weight excluding hydrogens is 410 g/mol. The lowest BCUT2D eigenvalue weighted by Crippen LogP contribution is -2.14. The van der Waals surface area contributed by atoms with Crippen LogP contribution in [0.2, 0.25) is 0 Å². The number of allylic oxidation sites excluding steroid dienone is 1. The second kappa shape index (κ2) is 7.51. The number of halogens is 2. The number of carbonyl (C=O) groups excluding carboxylic acids is 1. The maximum atomic E-state index is 12.4. The van der Waals surface area contributed by atoms with Crippen molar-refractivity contribution in [1.82, 2.24) is 0 Å². The second-order valence-corrected chi connectivity index (χ2v) is 6.26. The summed E-state index contributed by atoms with van der Waals surface area (Å²) in [5.41, 5.74) is 1.04. The number of hydrogen-bond donors (Lipinski definition) is 1. The van der Waals surface area contributed by atoms with Crippen molar-refractivity contribution in [2.24, 2.45) is 0 Å². The molecule has 22 heavy (non-hydrogen) atoms. The lowest BCUT2D eigenvalue weighted by molar-refractivity contribution is 0.104. The minimum Gasteiger partial charge on any atom is -0.385 e. The van der Waals surface area contributed by atoms with Crippen LogP contribution in [0.15, 0.2) is 62.3 Å². The van der Waals surface area contributed by atoms with Crippen LogP contribution in [0.25, 0.3) is 6.08 Å². The van der Waals surface area contributed by atoms with E-state index in [1.54, 1.807) is 25.3 Å². The summed E-state index contributed by atoms with van der Waals surface area (Å²) in [5, 5.41) is 2.80. The molecule has 2 aromatic rings. The minimum absolute atomic E-state index is 0.115. The fourth-order valence-electron chi connectivity index (χ4n) is 1.88. The first-order valence-electron chi connectivity index (χ1n) is 6.51. The molecule has 5 heteroatoms. The lowest BCUT2D eigenvalue weighted by Gasteiger charge is -1.98. The molecule has 3 nitrogen and oxygen atoms in total. The monoisotopic (exact) mass is 421 g/mol. The van der Waals surface area contributed by atoms with Crippen LogP contribution >= 0.6 is 31.9 Å². The third-order valence-corrected chi connectivity index (χ3v) is 4.25. The van der Waals surface area contributed by atoms with Gasteiger partial charge in [0, 0.05) is 16.0 Å². The third kappa shape index (κ3) is 3.93. The molecule has 0 aliphatic heterocycles. The number of benzene rings is 1. The number of carbonyl (C=O) groups is 1. The average Bonchev–Trinajstić information content (AvgIpc) is 2.65. The summed E-state index contributed by atoms with van der Waals surface area (Å²) in [6.07, 6.45) is 3.09. The number of ketones is 1. The molecule has 1 N–H and O–H groups in total. The van der Waals surface area contributed by atoms with Gasteiger partial charge in [-0.2, -0.15) is 0 Å². The highest BCUT2D eigenvalue weighted by atomic mass is 79.9. The second-order valence-electron chi connectivity index (χ2n) is 4.49. The Morgan fingerprint density at radius 1 is 1.14 bits per heavy atom. The Balaban J connectivity index is 2.43. The maximum Gasteiger partial charge on any atom is 0.212 e. The van der Waals surface area contributed by atoms with Gasteiger partial charge in [0.2, 0.25) is 5.43 Å². The fraction of sp³-hybridized carbons (Fsp3) is 0.0588. The first kappa shape index (κ1) is 16.6. The molecule has 112 valence electrons. The predicted molar refractivity (Wildman–Crippen MR) is 97.5 cm³/mol. The largest absolute Gasteiger partial charge is 0.385 e. The fourth-order valence-corrected chi connectivity index (χ4v) is 2.66. The molecule has 0 amide bonds. The van der Waals surface area contributed by atoms with Crippen molar-refractivity contribution in [2.75, 3.05) is 12.4 Å². The van der Waals surface area contributed by atoms with Crippen LogP contribution in [0.4, 0.5) is 5.69 Å². The van der Waals surface area contributed by atoms with E-state index in [0.717, 1.165) is 10.0 Å². The van der Waals surface area contributed by atoms with Gasteiger partial charge in [-0.25, -0.2) is 0 Å². The van der Waals surface area contributed by atoms with Gasteiger partial charge in [-0.3, -0.25) is 9.59 Å². The van der Waals surface area contributed by atoms with Crippen LogP contribution in [-0.4, -0.2) is 12.8 Å². The summed E-state index contributed by atoms with van der Waals surface area (Å²) in [6, 6.07) is 12.4. The van der Waals surface area contributed by atoms with E-state index >= 15 is 0 Å². The van der Waals surface area contributed by atoms with E-state index in [1.165, 1.54) is 12.1 Å². The molecule has 0 bridgehead atoms. The van der Waals surface area contributed by atoms with E-state index in [4.69, 9.17) is 0 Å². The molecule has 2 rings (SSSR count). The van der Waals surface area contributed by atoms with Gasteiger partial charge in [-0.05, 0) is 42.0 Å². The topological polar surface area (TPSA) is 46.2 Å². The first-order chi connectivity index (χ1) is 10.5. The normalized spacial score (nSPS) is 10.7. The van der Waals surface area contributed by atoms with Gasteiger partial charge in [-0.15, -0.1) is 0 Å². The summed E-state index contributed by atoms with van der Waals surface area (Å²) in [6.45, 7) is 0. The van der Waals surface area contributed by atoms with E-state index in [1.807, 2.05) is 24.3 Å². The molecule has 0 unspecified atom stereocenters. The highest BCUT2D eigenvalue weighted by Crippen LogP contribution is 2.18. The third-order valence-electron chi connectivity index (χ3n) is 3.03. The Morgan fingerprint density at radius 2 is 1.86 bits per heavy atom. The SMILES string of the molecule is CNc1ccc(Br)cc(C(=O)C=Cc2ccccc2Br)c1=O. The van der Waals surface area contributed by atoms with Crippen molar-refractivity contribution in [2.45, 2.75) is 0 Å². The number of hydrogen-bond acceptors (Lipinski definition) is 3. The average molecular weight is 423 g/mol. The first-order valence-corrected chi connectivity index (χ1v) is 8.10. The van der Waals surface area contributed by atoms with Crippen molar-refractivity contribution in [3.63, 3.8) is 0 Å². The zero-order valence-electron chi connectivity index (χ0n) is 11.8. The van der Waals surface area contributed by atoms with Crippen molar-refractivity contribution < 1.29 is 4.79 Å². The summed E-state index contributed by atoms with van der Waals surface area (Å²) >= 11 is 6.73. The molecule has 0 spiro atoms. The van der Waals surface area contributed by atoms with Gasteiger partial charge in [0.15, 0.2) is 5.78 Å². The molecule has 0 saturated heterocycles. The zero-order chi connectivity index (χ0) is 16.1.